The van der Waals surface area contributed by atoms with Crippen molar-refractivity contribution in [2.75, 3.05) is 19.8 Å². The van der Waals surface area contributed by atoms with Crippen LogP contribution in [0, 0.1) is 5.41 Å². The first kappa shape index (κ1) is 8.18. The summed E-state index contributed by atoms with van der Waals surface area (Å²) in [6, 6.07) is 0. The molecule has 0 bridgehead atoms. The van der Waals surface area contributed by atoms with Crippen LogP contribution in [0.2, 0.25) is 0 Å². The maximum absolute atomic E-state index is 11.8. The fourth-order valence-corrected chi connectivity index (χ4v) is 0.646. The fourth-order valence-electron chi connectivity index (χ4n) is 0.646. The highest BCUT2D eigenvalue weighted by Crippen LogP contribution is 2.20. The third-order valence-corrected chi connectivity index (χ3v) is 1.43. The predicted molar refractivity (Wildman–Crippen MR) is 34.2 cm³/mol. The molecule has 1 aliphatic rings. The van der Waals surface area contributed by atoms with Crippen LogP contribution in [0.3, 0.4) is 0 Å². The Balaban J connectivity index is 0.000000490. The van der Waals surface area contributed by atoms with Crippen molar-refractivity contribution >= 4 is 12.4 Å². The molecule has 3 heteroatoms. The number of halogens is 2. The summed E-state index contributed by atoms with van der Waals surface area (Å²) in [5, 5.41) is 3.01. The van der Waals surface area contributed by atoms with Crippen LogP contribution in [0.4, 0.5) is 4.39 Å². The van der Waals surface area contributed by atoms with Gasteiger partial charge in [-0.3, -0.25) is 4.39 Å². The SMILES string of the molecule is CC1(CF)CNC1.Cl. The smallest absolute Gasteiger partial charge is 0.0972 e. The Kier molecular flexibility index (Phi) is 2.71. The number of rotatable bonds is 1. The Hall–Kier alpha value is 0.180. The summed E-state index contributed by atoms with van der Waals surface area (Å²) in [4.78, 5) is 0. The Morgan fingerprint density at radius 3 is 2.12 bits per heavy atom. The molecule has 8 heavy (non-hydrogen) atoms. The standard InChI is InChI=1S/C5H10FN.ClH/c1-5(2-6)3-7-4-5;/h7H,2-4H2,1H3;1H. The molecule has 0 atom stereocenters. The molecule has 0 unspecified atom stereocenters. The van der Waals surface area contributed by atoms with Gasteiger partial charge in [-0.15, -0.1) is 12.4 Å². The van der Waals surface area contributed by atoms with Crippen molar-refractivity contribution < 1.29 is 4.39 Å². The minimum atomic E-state index is -0.181. The van der Waals surface area contributed by atoms with E-state index >= 15 is 0 Å². The van der Waals surface area contributed by atoms with E-state index in [4.69, 9.17) is 0 Å². The second-order valence-corrected chi connectivity index (χ2v) is 2.55. The number of hydrogen-bond acceptors (Lipinski definition) is 1. The number of nitrogens with one attached hydrogen (secondary N) is 1. The van der Waals surface area contributed by atoms with E-state index in [1.807, 2.05) is 6.92 Å². The Labute approximate surface area is 55.1 Å². The van der Waals surface area contributed by atoms with E-state index < -0.39 is 0 Å². The van der Waals surface area contributed by atoms with Gasteiger partial charge >= 0.3 is 0 Å². The molecule has 0 aromatic rings. The minimum absolute atomic E-state index is 0. The highest BCUT2D eigenvalue weighted by Gasteiger charge is 2.30. The number of hydrogen-bond donors (Lipinski definition) is 1. The molecule has 1 fully saturated rings. The Morgan fingerprint density at radius 2 is 2.12 bits per heavy atom. The van der Waals surface area contributed by atoms with E-state index in [0.717, 1.165) is 13.1 Å². The molecule has 1 heterocycles. The first-order chi connectivity index (χ1) is 3.27. The van der Waals surface area contributed by atoms with Gasteiger partial charge in [0, 0.05) is 18.5 Å². The van der Waals surface area contributed by atoms with Crippen molar-refractivity contribution in [2.24, 2.45) is 5.41 Å². The highest BCUT2D eigenvalue weighted by molar-refractivity contribution is 5.85. The van der Waals surface area contributed by atoms with E-state index in [1.165, 1.54) is 0 Å². The maximum atomic E-state index is 11.8. The third-order valence-electron chi connectivity index (χ3n) is 1.43. The highest BCUT2D eigenvalue weighted by atomic mass is 35.5. The van der Waals surface area contributed by atoms with Gasteiger partial charge < -0.3 is 5.32 Å². The van der Waals surface area contributed by atoms with Gasteiger partial charge in [-0.25, -0.2) is 0 Å². The molecule has 0 aromatic heterocycles. The molecule has 1 rings (SSSR count). The van der Waals surface area contributed by atoms with E-state index in [-0.39, 0.29) is 24.5 Å². The lowest BCUT2D eigenvalue weighted by molar-refractivity contribution is 0.144. The molecule has 1 nitrogen and oxygen atoms in total. The summed E-state index contributed by atoms with van der Waals surface area (Å²) in [6.07, 6.45) is 0. The molecule has 0 spiro atoms. The van der Waals surface area contributed by atoms with Gasteiger partial charge in [-0.2, -0.15) is 0 Å². The molecule has 0 radical (unpaired) electrons. The minimum Gasteiger partial charge on any atom is -0.315 e. The van der Waals surface area contributed by atoms with Crippen LogP contribution < -0.4 is 5.32 Å². The van der Waals surface area contributed by atoms with Crippen LogP contribution in [0.1, 0.15) is 6.92 Å². The van der Waals surface area contributed by atoms with Crippen molar-refractivity contribution in [2.45, 2.75) is 6.92 Å². The average Bonchev–Trinajstić information content (AvgIpc) is 1.61. The van der Waals surface area contributed by atoms with Crippen LogP contribution in [0.15, 0.2) is 0 Å². The lowest BCUT2D eigenvalue weighted by Crippen LogP contribution is -2.52. The lowest BCUT2D eigenvalue weighted by Gasteiger charge is -2.36. The molecule has 0 amide bonds. The topological polar surface area (TPSA) is 12.0 Å². The average molecular weight is 140 g/mol. The van der Waals surface area contributed by atoms with Gasteiger partial charge in [0.1, 0.15) is 0 Å². The van der Waals surface area contributed by atoms with Crippen LogP contribution in [-0.4, -0.2) is 19.8 Å². The van der Waals surface area contributed by atoms with E-state index in [0.29, 0.717) is 0 Å². The molecule has 1 aliphatic heterocycles. The van der Waals surface area contributed by atoms with Crippen LogP contribution in [0.25, 0.3) is 0 Å². The zero-order valence-corrected chi connectivity index (χ0v) is 5.72. The zero-order chi connectivity index (χ0) is 5.33. The van der Waals surface area contributed by atoms with Gasteiger partial charge in [0.15, 0.2) is 0 Å². The Morgan fingerprint density at radius 1 is 1.62 bits per heavy atom. The lowest BCUT2D eigenvalue weighted by atomic mass is 9.86. The molecule has 0 aromatic carbocycles. The van der Waals surface area contributed by atoms with Crippen molar-refractivity contribution in [3.05, 3.63) is 0 Å². The Bertz CT molecular complexity index is 67.3. The summed E-state index contributed by atoms with van der Waals surface area (Å²) < 4.78 is 11.8. The molecule has 0 aliphatic carbocycles. The quantitative estimate of drug-likeness (QED) is 0.571. The van der Waals surface area contributed by atoms with Gasteiger partial charge in [0.2, 0.25) is 0 Å². The maximum Gasteiger partial charge on any atom is 0.0972 e. The molecular weight excluding hydrogens is 129 g/mol. The van der Waals surface area contributed by atoms with Crippen LogP contribution in [-0.2, 0) is 0 Å². The van der Waals surface area contributed by atoms with E-state index in [9.17, 15) is 4.39 Å². The van der Waals surface area contributed by atoms with Gasteiger partial charge in [-0.1, -0.05) is 6.92 Å². The second kappa shape index (κ2) is 2.65. The summed E-state index contributed by atoms with van der Waals surface area (Å²) >= 11 is 0. The van der Waals surface area contributed by atoms with E-state index in [1.54, 1.807) is 0 Å². The monoisotopic (exact) mass is 139 g/mol. The predicted octanol–water partition coefficient (Wildman–Crippen LogP) is 0.987. The third kappa shape index (κ3) is 1.33. The number of alkyl halides is 1. The van der Waals surface area contributed by atoms with Crippen LogP contribution in [0.5, 0.6) is 0 Å². The van der Waals surface area contributed by atoms with Crippen molar-refractivity contribution in [1.29, 1.82) is 0 Å². The summed E-state index contributed by atoms with van der Waals surface area (Å²) in [5.41, 5.74) is -0.0139. The summed E-state index contributed by atoms with van der Waals surface area (Å²) in [5.74, 6) is 0. The molecule has 1 N–H and O–H groups in total. The molecule has 50 valence electrons. The summed E-state index contributed by atoms with van der Waals surface area (Å²) in [6.45, 7) is 3.47. The van der Waals surface area contributed by atoms with Gasteiger partial charge in [-0.05, 0) is 0 Å². The normalized spacial score (nSPS) is 23.2. The van der Waals surface area contributed by atoms with Crippen molar-refractivity contribution in [3.8, 4) is 0 Å². The largest absolute Gasteiger partial charge is 0.315 e. The first-order valence-corrected chi connectivity index (χ1v) is 2.54. The molecule has 0 saturated carbocycles. The zero-order valence-electron chi connectivity index (χ0n) is 4.91. The summed E-state index contributed by atoms with van der Waals surface area (Å²) in [7, 11) is 0. The van der Waals surface area contributed by atoms with Gasteiger partial charge in [0.25, 0.3) is 0 Å². The van der Waals surface area contributed by atoms with Crippen LogP contribution >= 0.6 is 12.4 Å². The first-order valence-electron chi connectivity index (χ1n) is 2.54. The molecule has 1 saturated heterocycles. The second-order valence-electron chi connectivity index (χ2n) is 2.55. The van der Waals surface area contributed by atoms with Crippen molar-refractivity contribution in [3.63, 3.8) is 0 Å². The van der Waals surface area contributed by atoms with Gasteiger partial charge in [0.05, 0.1) is 6.67 Å². The fraction of sp³-hybridized carbons (Fsp3) is 1.00. The molecular formula is C5H11ClFN. The van der Waals surface area contributed by atoms with E-state index in [2.05, 4.69) is 5.32 Å². The van der Waals surface area contributed by atoms with Crippen molar-refractivity contribution in [1.82, 2.24) is 5.32 Å².